The van der Waals surface area contributed by atoms with Gasteiger partial charge in [0.1, 0.15) is 6.73 Å². The number of amides is 1. The van der Waals surface area contributed by atoms with Crippen LogP contribution in [0.15, 0.2) is 6.20 Å². The topological polar surface area (TPSA) is 43.3 Å². The Labute approximate surface area is 130 Å². The van der Waals surface area contributed by atoms with Gasteiger partial charge in [-0.1, -0.05) is 35.6 Å². The molecule has 1 atom stereocenters. The molecule has 0 bridgehead atoms. The van der Waals surface area contributed by atoms with E-state index in [1.54, 1.807) is 0 Å². The molecule has 1 aromatic heterocycles. The Hall–Kier alpha value is -0.593. The van der Waals surface area contributed by atoms with E-state index in [-0.39, 0.29) is 10.7 Å². The predicted molar refractivity (Wildman–Crippen MR) is 87.3 cm³/mol. The molecule has 0 aromatic carbocycles. The molecule has 0 saturated carbocycles. The van der Waals surface area contributed by atoms with Crippen LogP contribution in [0, 0.1) is 6.92 Å². The minimum Gasteiger partial charge on any atom is -0.361 e. The zero-order chi connectivity index (χ0) is 14.9. The van der Waals surface area contributed by atoms with E-state index in [0.717, 1.165) is 29.5 Å². The molecule has 1 aliphatic rings. The van der Waals surface area contributed by atoms with Gasteiger partial charge in [0.2, 0.25) is 0 Å². The fraction of sp³-hybridized carbons (Fsp3) is 0.643. The van der Waals surface area contributed by atoms with Crippen LogP contribution in [0.2, 0.25) is 25.7 Å². The van der Waals surface area contributed by atoms with E-state index in [1.807, 2.05) is 17.7 Å². The van der Waals surface area contributed by atoms with Crippen LogP contribution in [0.3, 0.4) is 0 Å². The Morgan fingerprint density at radius 2 is 2.20 bits per heavy atom. The molecule has 0 aliphatic carbocycles. The van der Waals surface area contributed by atoms with Crippen LogP contribution < -0.4 is 5.32 Å². The van der Waals surface area contributed by atoms with Crippen molar-refractivity contribution < 1.29 is 9.53 Å². The van der Waals surface area contributed by atoms with E-state index >= 15 is 0 Å². The van der Waals surface area contributed by atoms with E-state index in [2.05, 4.69) is 40.9 Å². The van der Waals surface area contributed by atoms with Crippen molar-refractivity contribution in [1.82, 2.24) is 9.88 Å². The fourth-order valence-electron chi connectivity index (χ4n) is 2.27. The van der Waals surface area contributed by atoms with Gasteiger partial charge in [-0.3, -0.25) is 4.79 Å². The summed E-state index contributed by atoms with van der Waals surface area (Å²) >= 11 is 3.61. The Morgan fingerprint density at radius 3 is 2.80 bits per heavy atom. The molecular weight excluding hydrogens is 336 g/mol. The highest BCUT2D eigenvalue weighted by molar-refractivity contribution is 9.09. The number of rotatable bonds is 5. The number of aromatic nitrogens is 1. The van der Waals surface area contributed by atoms with Crippen molar-refractivity contribution in [3.63, 3.8) is 0 Å². The number of hydrogen-bond donors (Lipinski definition) is 1. The number of carbonyl (C=O) groups excluding carboxylic acids is 1. The Morgan fingerprint density at radius 1 is 1.50 bits per heavy atom. The molecule has 4 nitrogen and oxygen atoms in total. The van der Waals surface area contributed by atoms with Crippen molar-refractivity contribution in [2.45, 2.75) is 44.2 Å². The fourth-order valence-corrected chi connectivity index (χ4v) is 3.54. The molecule has 2 heterocycles. The third kappa shape index (κ3) is 3.54. The third-order valence-electron chi connectivity index (χ3n) is 3.61. The van der Waals surface area contributed by atoms with Crippen molar-refractivity contribution >= 4 is 29.9 Å². The Kier molecular flexibility index (Phi) is 4.76. The minimum atomic E-state index is -1.05. The molecule has 6 heteroatoms. The van der Waals surface area contributed by atoms with Crippen LogP contribution in [-0.4, -0.2) is 31.7 Å². The van der Waals surface area contributed by atoms with E-state index in [9.17, 15) is 4.79 Å². The summed E-state index contributed by atoms with van der Waals surface area (Å²) in [5.41, 5.74) is 2.85. The summed E-state index contributed by atoms with van der Waals surface area (Å²) in [6.45, 7) is 11.0. The number of nitrogens with zero attached hydrogens (tertiary/aromatic N) is 1. The summed E-state index contributed by atoms with van der Waals surface area (Å²) in [5, 5.41) is 2.89. The molecule has 0 fully saturated rings. The molecule has 2 rings (SSSR count). The molecule has 0 radical (unpaired) electrons. The van der Waals surface area contributed by atoms with E-state index in [1.165, 1.54) is 0 Å². The van der Waals surface area contributed by atoms with Gasteiger partial charge < -0.3 is 14.6 Å². The quantitative estimate of drug-likeness (QED) is 0.498. The lowest BCUT2D eigenvalue weighted by molar-refractivity contribution is 0.0857. The maximum Gasteiger partial charge on any atom is 0.253 e. The second kappa shape index (κ2) is 6.03. The van der Waals surface area contributed by atoms with Crippen molar-refractivity contribution in [2.24, 2.45) is 0 Å². The molecule has 1 aromatic rings. The zero-order valence-electron chi connectivity index (χ0n) is 12.6. The first-order valence-corrected chi connectivity index (χ1v) is 11.6. The standard InChI is InChI=1S/C14H23BrN2O2Si/c1-10-13-11(12(15)7-16-14(13)18)8-17(10)9-19-5-6-20(2,3)4/h8,12H,5-7,9H2,1-4H3,(H,16,18). The van der Waals surface area contributed by atoms with Gasteiger partial charge in [-0.25, -0.2) is 0 Å². The van der Waals surface area contributed by atoms with Crippen LogP contribution in [0.1, 0.15) is 26.4 Å². The normalized spacial score (nSPS) is 18.9. The maximum atomic E-state index is 11.9. The number of carbonyl (C=O) groups is 1. The summed E-state index contributed by atoms with van der Waals surface area (Å²) in [6.07, 6.45) is 2.04. The molecule has 112 valence electrons. The number of nitrogens with one attached hydrogen (secondary N) is 1. The lowest BCUT2D eigenvalue weighted by Crippen LogP contribution is -2.32. The second-order valence-corrected chi connectivity index (χ2v) is 13.3. The average molecular weight is 359 g/mol. The molecule has 1 aliphatic heterocycles. The molecule has 0 spiro atoms. The highest BCUT2D eigenvalue weighted by Crippen LogP contribution is 2.32. The van der Waals surface area contributed by atoms with Crippen molar-refractivity contribution in [2.75, 3.05) is 13.2 Å². The van der Waals surface area contributed by atoms with Crippen molar-refractivity contribution in [3.8, 4) is 0 Å². The zero-order valence-corrected chi connectivity index (χ0v) is 15.2. The second-order valence-electron chi connectivity index (χ2n) is 6.54. The molecule has 20 heavy (non-hydrogen) atoms. The molecule has 1 amide bonds. The average Bonchev–Trinajstić information content (AvgIpc) is 2.67. The van der Waals surface area contributed by atoms with Crippen LogP contribution in [0.25, 0.3) is 0 Å². The van der Waals surface area contributed by atoms with Crippen LogP contribution in [-0.2, 0) is 11.5 Å². The largest absolute Gasteiger partial charge is 0.361 e. The first kappa shape index (κ1) is 15.8. The highest BCUT2D eigenvalue weighted by Gasteiger charge is 2.28. The lowest BCUT2D eigenvalue weighted by Gasteiger charge is -2.18. The van der Waals surface area contributed by atoms with Crippen LogP contribution in [0.5, 0.6) is 0 Å². The van der Waals surface area contributed by atoms with Gasteiger partial charge in [0.15, 0.2) is 0 Å². The van der Waals surface area contributed by atoms with Crippen molar-refractivity contribution in [3.05, 3.63) is 23.0 Å². The predicted octanol–water partition coefficient (Wildman–Crippen LogP) is 3.29. The summed E-state index contributed by atoms with van der Waals surface area (Å²) in [7, 11) is -1.05. The molecule has 1 N–H and O–H groups in total. The van der Waals surface area contributed by atoms with Gasteiger partial charge >= 0.3 is 0 Å². The van der Waals surface area contributed by atoms with Crippen molar-refractivity contribution in [1.29, 1.82) is 0 Å². The first-order chi connectivity index (χ1) is 9.29. The molecule has 0 saturated heterocycles. The van der Waals surface area contributed by atoms with Gasteiger partial charge in [0.25, 0.3) is 5.91 Å². The highest BCUT2D eigenvalue weighted by atomic mass is 79.9. The minimum absolute atomic E-state index is 0.0223. The van der Waals surface area contributed by atoms with Gasteiger partial charge in [0.05, 0.1) is 10.4 Å². The van der Waals surface area contributed by atoms with Gasteiger partial charge in [-0.2, -0.15) is 0 Å². The molecule has 1 unspecified atom stereocenters. The van der Waals surface area contributed by atoms with E-state index < -0.39 is 8.07 Å². The van der Waals surface area contributed by atoms with Gasteiger partial charge in [-0.05, 0) is 18.5 Å². The molecular formula is C14H23BrN2O2Si. The first-order valence-electron chi connectivity index (χ1n) is 6.99. The monoisotopic (exact) mass is 358 g/mol. The van der Waals surface area contributed by atoms with Gasteiger partial charge in [-0.15, -0.1) is 0 Å². The number of fused-ring (bicyclic) bond motifs is 1. The van der Waals surface area contributed by atoms with E-state index in [0.29, 0.717) is 13.3 Å². The maximum absolute atomic E-state index is 11.9. The SMILES string of the molecule is Cc1c2c(cn1COCC[Si](C)(C)C)C(Br)CNC2=O. The summed E-state index contributed by atoms with van der Waals surface area (Å²) < 4.78 is 7.81. The third-order valence-corrected chi connectivity index (χ3v) is 6.13. The Balaban J connectivity index is 2.03. The number of alkyl halides is 1. The lowest BCUT2D eigenvalue weighted by atomic mass is 10.0. The van der Waals surface area contributed by atoms with Crippen LogP contribution >= 0.6 is 15.9 Å². The number of halogens is 1. The number of hydrogen-bond acceptors (Lipinski definition) is 2. The summed E-state index contributed by atoms with van der Waals surface area (Å²) in [5.74, 6) is 0.0223. The summed E-state index contributed by atoms with van der Waals surface area (Å²) in [6, 6.07) is 1.16. The Bertz CT molecular complexity index is 508. The van der Waals surface area contributed by atoms with Gasteiger partial charge in [0, 0.05) is 33.1 Å². The number of ether oxygens (including phenoxy) is 1. The van der Waals surface area contributed by atoms with Crippen LogP contribution in [0.4, 0.5) is 0 Å². The summed E-state index contributed by atoms with van der Waals surface area (Å²) in [4.78, 5) is 12.1. The van der Waals surface area contributed by atoms with E-state index in [4.69, 9.17) is 4.74 Å². The smallest absolute Gasteiger partial charge is 0.253 e.